The third-order valence-corrected chi connectivity index (χ3v) is 4.11. The zero-order valence-corrected chi connectivity index (χ0v) is 11.7. The van der Waals surface area contributed by atoms with Gasteiger partial charge in [-0.25, -0.2) is 9.36 Å². The highest BCUT2D eigenvalue weighted by Gasteiger charge is 2.27. The van der Waals surface area contributed by atoms with Crippen molar-refractivity contribution in [2.24, 2.45) is 0 Å². The van der Waals surface area contributed by atoms with E-state index in [1.54, 1.807) is 4.68 Å². The first-order chi connectivity index (χ1) is 8.78. The maximum atomic E-state index is 4.15. The fourth-order valence-electron chi connectivity index (χ4n) is 1.81. The molecule has 1 atom stereocenters. The van der Waals surface area contributed by atoms with E-state index < -0.39 is 0 Å². The van der Waals surface area contributed by atoms with E-state index >= 15 is 0 Å². The highest BCUT2D eigenvalue weighted by atomic mass is 79.9. The lowest BCUT2D eigenvalue weighted by molar-refractivity contribution is 0.543. The van der Waals surface area contributed by atoms with Crippen LogP contribution in [0.2, 0.25) is 0 Å². The molecule has 3 rings (SSSR count). The topological polar surface area (TPSA) is 74.3 Å². The van der Waals surface area contributed by atoms with Crippen LogP contribution in [0.4, 0.5) is 0 Å². The SMILES string of the molecule is CCC(Br)c1cn(Cc2nnnn2C2CC2)nn1. The molecule has 0 amide bonds. The molecule has 18 heavy (non-hydrogen) atoms. The molecule has 2 aromatic heterocycles. The Morgan fingerprint density at radius 1 is 1.39 bits per heavy atom. The standard InChI is InChI=1S/C10H14BrN7/c1-2-8(11)9-5-17(15-12-9)6-10-13-14-16-18(10)7-3-4-7/h5,7-8H,2-4,6H2,1H3. The van der Waals surface area contributed by atoms with E-state index in [1.165, 1.54) is 12.8 Å². The van der Waals surface area contributed by atoms with Crippen molar-refractivity contribution in [2.75, 3.05) is 0 Å². The van der Waals surface area contributed by atoms with Crippen molar-refractivity contribution in [1.29, 1.82) is 0 Å². The van der Waals surface area contributed by atoms with Crippen LogP contribution in [-0.4, -0.2) is 35.2 Å². The van der Waals surface area contributed by atoms with Crippen molar-refractivity contribution in [1.82, 2.24) is 35.2 Å². The number of aromatic nitrogens is 7. The summed E-state index contributed by atoms with van der Waals surface area (Å²) in [7, 11) is 0. The molecule has 0 bridgehead atoms. The second-order valence-corrected chi connectivity index (χ2v) is 5.59. The zero-order valence-electron chi connectivity index (χ0n) is 10.1. The Kier molecular flexibility index (Phi) is 3.11. The summed E-state index contributed by atoms with van der Waals surface area (Å²) in [5.41, 5.74) is 0.947. The Morgan fingerprint density at radius 3 is 2.94 bits per heavy atom. The normalized spacial score (nSPS) is 17.0. The molecule has 7 nitrogen and oxygen atoms in total. The molecule has 96 valence electrons. The van der Waals surface area contributed by atoms with Crippen LogP contribution in [0.25, 0.3) is 0 Å². The number of nitrogens with zero attached hydrogens (tertiary/aromatic N) is 7. The maximum Gasteiger partial charge on any atom is 0.173 e. The van der Waals surface area contributed by atoms with E-state index in [0.717, 1.165) is 17.9 Å². The van der Waals surface area contributed by atoms with E-state index in [2.05, 4.69) is 48.7 Å². The van der Waals surface area contributed by atoms with Gasteiger partial charge in [0.25, 0.3) is 0 Å². The minimum absolute atomic E-state index is 0.255. The molecular formula is C10H14BrN7. The van der Waals surface area contributed by atoms with Crippen molar-refractivity contribution < 1.29 is 0 Å². The molecular weight excluding hydrogens is 298 g/mol. The second kappa shape index (κ2) is 4.75. The van der Waals surface area contributed by atoms with Crippen molar-refractivity contribution in [3.05, 3.63) is 17.7 Å². The summed E-state index contributed by atoms with van der Waals surface area (Å²) in [6, 6.07) is 0.484. The van der Waals surface area contributed by atoms with Gasteiger partial charge in [0.05, 0.1) is 22.8 Å². The summed E-state index contributed by atoms with van der Waals surface area (Å²) in [5, 5.41) is 20.1. The second-order valence-electron chi connectivity index (χ2n) is 4.49. The Labute approximate surface area is 113 Å². The molecule has 0 N–H and O–H groups in total. The number of alkyl halides is 1. The van der Waals surface area contributed by atoms with Crippen molar-refractivity contribution >= 4 is 15.9 Å². The molecule has 2 aromatic rings. The van der Waals surface area contributed by atoms with Crippen LogP contribution >= 0.6 is 15.9 Å². The van der Waals surface area contributed by atoms with Crippen LogP contribution in [0.5, 0.6) is 0 Å². The predicted octanol–water partition coefficient (Wildman–Crippen LogP) is 1.49. The van der Waals surface area contributed by atoms with Gasteiger partial charge in [0, 0.05) is 0 Å². The molecule has 2 heterocycles. The Bertz CT molecular complexity index is 530. The molecule has 1 unspecified atom stereocenters. The Hall–Kier alpha value is -1.31. The number of tetrazole rings is 1. The minimum Gasteiger partial charge on any atom is -0.245 e. The lowest BCUT2D eigenvalue weighted by Crippen LogP contribution is -2.09. The number of rotatable bonds is 5. The Balaban J connectivity index is 1.75. The van der Waals surface area contributed by atoms with Gasteiger partial charge in [0.2, 0.25) is 0 Å². The van der Waals surface area contributed by atoms with E-state index in [-0.39, 0.29) is 4.83 Å². The van der Waals surface area contributed by atoms with Gasteiger partial charge in [0.15, 0.2) is 5.82 Å². The highest BCUT2D eigenvalue weighted by molar-refractivity contribution is 9.09. The van der Waals surface area contributed by atoms with Crippen molar-refractivity contribution in [3.8, 4) is 0 Å². The van der Waals surface area contributed by atoms with Gasteiger partial charge in [-0.05, 0) is 29.7 Å². The molecule has 0 spiro atoms. The van der Waals surface area contributed by atoms with Gasteiger partial charge in [-0.1, -0.05) is 28.1 Å². The number of halogens is 1. The summed E-state index contributed by atoms with van der Waals surface area (Å²) in [6.45, 7) is 2.67. The molecule has 0 radical (unpaired) electrons. The molecule has 1 aliphatic carbocycles. The van der Waals surface area contributed by atoms with Crippen molar-refractivity contribution in [3.63, 3.8) is 0 Å². The van der Waals surface area contributed by atoms with Crippen molar-refractivity contribution in [2.45, 2.75) is 43.6 Å². The summed E-state index contributed by atoms with van der Waals surface area (Å²) in [4.78, 5) is 0.255. The minimum atomic E-state index is 0.255. The lowest BCUT2D eigenvalue weighted by atomic mass is 10.3. The van der Waals surface area contributed by atoms with E-state index in [0.29, 0.717) is 12.6 Å². The number of hydrogen-bond acceptors (Lipinski definition) is 5. The first-order valence-corrected chi connectivity index (χ1v) is 7.00. The molecule has 0 aliphatic heterocycles. The molecule has 1 saturated carbocycles. The van der Waals surface area contributed by atoms with Crippen LogP contribution in [-0.2, 0) is 6.54 Å². The van der Waals surface area contributed by atoms with E-state index in [9.17, 15) is 0 Å². The van der Waals surface area contributed by atoms with Crippen LogP contribution < -0.4 is 0 Å². The smallest absolute Gasteiger partial charge is 0.173 e. The third kappa shape index (κ3) is 2.29. The van der Waals surface area contributed by atoms with Crippen LogP contribution in [0.3, 0.4) is 0 Å². The highest BCUT2D eigenvalue weighted by Crippen LogP contribution is 2.34. The first-order valence-electron chi connectivity index (χ1n) is 6.08. The summed E-state index contributed by atoms with van der Waals surface area (Å²) < 4.78 is 3.68. The summed E-state index contributed by atoms with van der Waals surface area (Å²) >= 11 is 3.56. The fourth-order valence-corrected chi connectivity index (χ4v) is 2.02. The van der Waals surface area contributed by atoms with Crippen LogP contribution in [0.1, 0.15) is 48.6 Å². The third-order valence-electron chi connectivity index (χ3n) is 2.99. The first kappa shape index (κ1) is 11.8. The van der Waals surface area contributed by atoms with Gasteiger partial charge < -0.3 is 0 Å². The average molecular weight is 312 g/mol. The molecule has 0 saturated heterocycles. The monoisotopic (exact) mass is 311 g/mol. The molecule has 1 fully saturated rings. The zero-order chi connectivity index (χ0) is 12.5. The van der Waals surface area contributed by atoms with E-state index in [1.807, 2.05) is 10.9 Å². The van der Waals surface area contributed by atoms with Gasteiger partial charge >= 0.3 is 0 Å². The van der Waals surface area contributed by atoms with Crippen LogP contribution in [0.15, 0.2) is 6.20 Å². The van der Waals surface area contributed by atoms with Crippen LogP contribution in [0, 0.1) is 0 Å². The van der Waals surface area contributed by atoms with Gasteiger partial charge in [-0.3, -0.25) is 0 Å². The maximum absolute atomic E-state index is 4.15. The fraction of sp³-hybridized carbons (Fsp3) is 0.700. The summed E-state index contributed by atoms with van der Waals surface area (Å²) in [6.07, 6.45) is 5.26. The van der Waals surface area contributed by atoms with E-state index in [4.69, 9.17) is 0 Å². The predicted molar refractivity (Wildman–Crippen MR) is 67.2 cm³/mol. The molecule has 1 aliphatic rings. The van der Waals surface area contributed by atoms with Gasteiger partial charge in [0.1, 0.15) is 6.54 Å². The van der Waals surface area contributed by atoms with Gasteiger partial charge in [-0.15, -0.1) is 10.2 Å². The molecule has 0 aromatic carbocycles. The quantitative estimate of drug-likeness (QED) is 0.782. The van der Waals surface area contributed by atoms with Gasteiger partial charge in [-0.2, -0.15) is 0 Å². The summed E-state index contributed by atoms with van der Waals surface area (Å²) in [5.74, 6) is 0.844. The Morgan fingerprint density at radius 2 is 2.22 bits per heavy atom. The number of hydrogen-bond donors (Lipinski definition) is 0. The molecule has 8 heteroatoms. The average Bonchev–Trinajstić information content (AvgIpc) is 2.95. The largest absolute Gasteiger partial charge is 0.245 e. The lowest BCUT2D eigenvalue weighted by Gasteiger charge is -2.02.